The fourth-order valence-corrected chi connectivity index (χ4v) is 2.73. The number of nitrogens with zero attached hydrogens (tertiary/aromatic N) is 5. The Labute approximate surface area is 150 Å². The van der Waals surface area contributed by atoms with Crippen molar-refractivity contribution in [1.82, 2.24) is 19.8 Å². The maximum atomic E-state index is 12.6. The zero-order valence-electron chi connectivity index (χ0n) is 16.1. The molecule has 1 aromatic heterocycles. The Morgan fingerprint density at radius 1 is 1.00 bits per heavy atom. The normalized spacial score (nSPS) is 11.5. The molecule has 0 aliphatic carbocycles. The van der Waals surface area contributed by atoms with Crippen LogP contribution in [-0.4, -0.2) is 65.1 Å². The van der Waals surface area contributed by atoms with Crippen LogP contribution in [0.1, 0.15) is 39.1 Å². The van der Waals surface area contributed by atoms with E-state index in [4.69, 9.17) is 11.6 Å². The highest BCUT2D eigenvalue weighted by Gasteiger charge is 2.21. The Bertz CT molecular complexity index is 545. The molecule has 1 aromatic rings. The van der Waals surface area contributed by atoms with Gasteiger partial charge in [-0.3, -0.25) is 9.80 Å². The van der Waals surface area contributed by atoms with Gasteiger partial charge < -0.3 is 4.90 Å². The molecule has 0 saturated heterocycles. The van der Waals surface area contributed by atoms with Crippen molar-refractivity contribution in [3.63, 3.8) is 0 Å². The monoisotopic (exact) mass is 355 g/mol. The highest BCUT2D eigenvalue weighted by Crippen LogP contribution is 2.20. The van der Waals surface area contributed by atoms with Crippen LogP contribution in [0.2, 0.25) is 5.02 Å². The number of aromatic nitrogens is 2. The van der Waals surface area contributed by atoms with Gasteiger partial charge in [-0.25, -0.2) is 14.8 Å². The van der Waals surface area contributed by atoms with Crippen LogP contribution in [0.4, 0.5) is 10.7 Å². The second-order valence-corrected chi connectivity index (χ2v) is 7.07. The first kappa shape index (κ1) is 20.6. The first-order chi connectivity index (χ1) is 11.1. The van der Waals surface area contributed by atoms with E-state index in [1.54, 1.807) is 19.0 Å². The van der Waals surface area contributed by atoms with Crippen LogP contribution in [0.3, 0.4) is 0 Å². The number of hydrogen-bond donors (Lipinski definition) is 0. The van der Waals surface area contributed by atoms with Crippen LogP contribution in [-0.2, 0) is 0 Å². The molecule has 0 radical (unpaired) electrons. The minimum absolute atomic E-state index is 0.136. The lowest BCUT2D eigenvalue weighted by molar-refractivity contribution is 0.154. The Balaban J connectivity index is 2.78. The highest BCUT2D eigenvalue weighted by atomic mass is 35.5. The predicted molar refractivity (Wildman–Crippen MR) is 99.9 cm³/mol. The molecule has 0 bridgehead atoms. The van der Waals surface area contributed by atoms with Crippen molar-refractivity contribution in [2.75, 3.05) is 32.1 Å². The fraction of sp³-hybridized carbons (Fsp3) is 0.706. The SMILES string of the molecule is Cc1nc(N(C)C(=O)N(C)CCN(C(C)C)C(C)C)nc(C)c1Cl. The third-order valence-corrected chi connectivity index (χ3v) is 4.65. The van der Waals surface area contributed by atoms with Crippen LogP contribution >= 0.6 is 11.6 Å². The quantitative estimate of drug-likeness (QED) is 0.785. The lowest BCUT2D eigenvalue weighted by atomic mass is 10.2. The zero-order valence-corrected chi connectivity index (χ0v) is 16.8. The molecule has 7 heteroatoms. The maximum absolute atomic E-state index is 12.6. The fourth-order valence-electron chi connectivity index (χ4n) is 2.65. The van der Waals surface area contributed by atoms with Crippen molar-refractivity contribution < 1.29 is 4.79 Å². The molecule has 1 heterocycles. The Morgan fingerprint density at radius 3 is 1.88 bits per heavy atom. The number of aryl methyl sites for hydroxylation is 2. The average molecular weight is 356 g/mol. The van der Waals surface area contributed by atoms with E-state index in [9.17, 15) is 4.79 Å². The van der Waals surface area contributed by atoms with E-state index in [-0.39, 0.29) is 6.03 Å². The number of halogens is 1. The van der Waals surface area contributed by atoms with Crippen molar-refractivity contribution in [2.24, 2.45) is 0 Å². The maximum Gasteiger partial charge on any atom is 0.326 e. The molecule has 2 amide bonds. The van der Waals surface area contributed by atoms with E-state index in [0.29, 0.717) is 41.0 Å². The topological polar surface area (TPSA) is 52.6 Å². The first-order valence-electron chi connectivity index (χ1n) is 8.31. The smallest absolute Gasteiger partial charge is 0.326 e. The molecule has 6 nitrogen and oxygen atoms in total. The first-order valence-corrected chi connectivity index (χ1v) is 8.69. The minimum Gasteiger partial charge on any atom is -0.326 e. The van der Waals surface area contributed by atoms with Crippen LogP contribution in [0.5, 0.6) is 0 Å². The van der Waals surface area contributed by atoms with Crippen LogP contribution in [0.25, 0.3) is 0 Å². The summed E-state index contributed by atoms with van der Waals surface area (Å²) in [7, 11) is 3.48. The standard InChI is InChI=1S/C17H30ClN5O/c1-11(2)23(12(3)4)10-9-21(7)17(24)22(8)16-19-13(5)15(18)14(6)20-16/h11-12H,9-10H2,1-8H3. The minimum atomic E-state index is -0.136. The van der Waals surface area contributed by atoms with Crippen molar-refractivity contribution >= 4 is 23.6 Å². The van der Waals surface area contributed by atoms with Gasteiger partial charge in [0, 0.05) is 39.3 Å². The molecule has 24 heavy (non-hydrogen) atoms. The summed E-state index contributed by atoms with van der Waals surface area (Å²) in [6.07, 6.45) is 0. The molecule has 0 saturated carbocycles. The van der Waals surface area contributed by atoms with E-state index in [1.807, 2.05) is 13.8 Å². The molecule has 0 N–H and O–H groups in total. The van der Waals surface area contributed by atoms with Crippen molar-refractivity contribution in [3.8, 4) is 0 Å². The average Bonchev–Trinajstić information content (AvgIpc) is 2.49. The van der Waals surface area contributed by atoms with Gasteiger partial charge in [0.15, 0.2) is 0 Å². The van der Waals surface area contributed by atoms with Gasteiger partial charge in [-0.15, -0.1) is 0 Å². The predicted octanol–water partition coefficient (Wildman–Crippen LogP) is 3.35. The molecule has 0 aliphatic heterocycles. The number of carbonyl (C=O) groups excluding carboxylic acids is 1. The Kier molecular flexibility index (Phi) is 7.42. The number of rotatable bonds is 6. The molecule has 136 valence electrons. The molecule has 0 aromatic carbocycles. The molecular formula is C17H30ClN5O. The van der Waals surface area contributed by atoms with Gasteiger partial charge in [0.25, 0.3) is 0 Å². The number of urea groups is 1. The number of hydrogen-bond acceptors (Lipinski definition) is 4. The summed E-state index contributed by atoms with van der Waals surface area (Å²) >= 11 is 6.10. The van der Waals surface area contributed by atoms with Crippen LogP contribution < -0.4 is 4.90 Å². The number of amides is 2. The van der Waals surface area contributed by atoms with Crippen LogP contribution in [0, 0.1) is 13.8 Å². The van der Waals surface area contributed by atoms with E-state index < -0.39 is 0 Å². The molecule has 0 aliphatic rings. The van der Waals surface area contributed by atoms with E-state index in [0.717, 1.165) is 6.54 Å². The van der Waals surface area contributed by atoms with Crippen molar-refractivity contribution in [1.29, 1.82) is 0 Å². The number of carbonyl (C=O) groups is 1. The summed E-state index contributed by atoms with van der Waals surface area (Å²) in [5.41, 5.74) is 1.35. The largest absolute Gasteiger partial charge is 0.326 e. The second-order valence-electron chi connectivity index (χ2n) is 6.70. The van der Waals surface area contributed by atoms with Gasteiger partial charge in [0.2, 0.25) is 5.95 Å². The van der Waals surface area contributed by atoms with Gasteiger partial charge in [0.05, 0.1) is 16.4 Å². The van der Waals surface area contributed by atoms with Gasteiger partial charge >= 0.3 is 6.03 Å². The summed E-state index contributed by atoms with van der Waals surface area (Å²) in [5.74, 6) is 0.371. The molecule has 0 atom stereocenters. The Morgan fingerprint density at radius 2 is 1.46 bits per heavy atom. The zero-order chi connectivity index (χ0) is 18.6. The van der Waals surface area contributed by atoms with Gasteiger partial charge in [-0.1, -0.05) is 11.6 Å². The third kappa shape index (κ3) is 5.05. The highest BCUT2D eigenvalue weighted by molar-refractivity contribution is 6.31. The summed E-state index contributed by atoms with van der Waals surface area (Å²) in [4.78, 5) is 26.8. The van der Waals surface area contributed by atoms with E-state index >= 15 is 0 Å². The molecular weight excluding hydrogens is 326 g/mol. The van der Waals surface area contributed by atoms with Gasteiger partial charge in [0.1, 0.15) is 0 Å². The van der Waals surface area contributed by atoms with Gasteiger partial charge in [-0.05, 0) is 41.5 Å². The summed E-state index contributed by atoms with van der Waals surface area (Å²) < 4.78 is 0. The molecule has 0 unspecified atom stereocenters. The lowest BCUT2D eigenvalue weighted by Gasteiger charge is -2.33. The Hall–Kier alpha value is -1.40. The van der Waals surface area contributed by atoms with Crippen LogP contribution in [0.15, 0.2) is 0 Å². The van der Waals surface area contributed by atoms with E-state index in [1.165, 1.54) is 4.90 Å². The third-order valence-electron chi connectivity index (χ3n) is 4.10. The number of likely N-dealkylation sites (N-methyl/N-ethyl adjacent to an activating group) is 1. The lowest BCUT2D eigenvalue weighted by Crippen LogP contribution is -2.46. The van der Waals surface area contributed by atoms with E-state index in [2.05, 4.69) is 42.6 Å². The van der Waals surface area contributed by atoms with Gasteiger partial charge in [-0.2, -0.15) is 0 Å². The molecule has 0 fully saturated rings. The summed E-state index contributed by atoms with van der Waals surface area (Å²) in [6, 6.07) is 0.746. The second kappa shape index (κ2) is 8.62. The van der Waals surface area contributed by atoms with Crippen molar-refractivity contribution in [3.05, 3.63) is 16.4 Å². The molecule has 1 rings (SSSR count). The summed E-state index contributed by atoms with van der Waals surface area (Å²) in [6.45, 7) is 13.8. The number of anilines is 1. The van der Waals surface area contributed by atoms with Crippen molar-refractivity contribution in [2.45, 2.75) is 53.6 Å². The molecule has 0 spiro atoms. The summed E-state index contributed by atoms with van der Waals surface area (Å²) in [5, 5.41) is 0.539.